The normalized spacial score (nSPS) is 21.6. The van der Waals surface area contributed by atoms with E-state index in [0.717, 1.165) is 45.8 Å². The van der Waals surface area contributed by atoms with Gasteiger partial charge in [-0.3, -0.25) is 4.90 Å². The molecule has 6 nitrogen and oxygen atoms in total. The highest BCUT2D eigenvalue weighted by atomic mass is 16.6. The number of carbonyl (C=O) groups excluding carboxylic acids is 1. The summed E-state index contributed by atoms with van der Waals surface area (Å²) in [6.07, 6.45) is 5.93. The molecule has 1 amide bonds. The van der Waals surface area contributed by atoms with E-state index >= 15 is 0 Å². The van der Waals surface area contributed by atoms with Crippen molar-refractivity contribution in [1.82, 2.24) is 15.1 Å². The molecule has 0 bridgehead atoms. The van der Waals surface area contributed by atoms with Crippen LogP contribution in [0, 0.1) is 11.3 Å². The summed E-state index contributed by atoms with van der Waals surface area (Å²) in [6, 6.07) is 0.616. The molecule has 2 fully saturated rings. The maximum absolute atomic E-state index is 12.3. The molecule has 2 heterocycles. The zero-order valence-corrected chi connectivity index (χ0v) is 19.1. The number of amides is 1. The molecule has 0 aromatic rings. The number of unbranched alkanes of at least 4 members (excludes halogenated alkanes) is 2. The van der Waals surface area contributed by atoms with Crippen molar-refractivity contribution in [3.8, 4) is 0 Å². The average Bonchev–Trinajstić information content (AvgIpc) is 3.00. The van der Waals surface area contributed by atoms with Crippen LogP contribution >= 0.6 is 0 Å². The SMILES string of the molecule is CNCC(C)C(CCCCCOC)N1CCC2(CN(C(=O)OC(C)(C)C)C2)C1. The minimum atomic E-state index is -0.419. The molecular weight excluding hydrogens is 354 g/mol. The van der Waals surface area contributed by atoms with Gasteiger partial charge in [-0.1, -0.05) is 19.8 Å². The van der Waals surface area contributed by atoms with Crippen LogP contribution in [0.4, 0.5) is 4.79 Å². The number of hydrogen-bond donors (Lipinski definition) is 1. The minimum Gasteiger partial charge on any atom is -0.444 e. The molecule has 0 aromatic carbocycles. The van der Waals surface area contributed by atoms with Crippen molar-refractivity contribution >= 4 is 6.09 Å². The Labute approximate surface area is 172 Å². The van der Waals surface area contributed by atoms with Crippen LogP contribution < -0.4 is 5.32 Å². The van der Waals surface area contributed by atoms with E-state index in [4.69, 9.17) is 9.47 Å². The highest BCUT2D eigenvalue weighted by Gasteiger charge is 2.51. The van der Waals surface area contributed by atoms with Crippen molar-refractivity contribution in [2.45, 2.75) is 71.4 Å². The first-order chi connectivity index (χ1) is 13.2. The monoisotopic (exact) mass is 397 g/mol. The quantitative estimate of drug-likeness (QED) is 0.573. The van der Waals surface area contributed by atoms with E-state index in [1.165, 1.54) is 25.7 Å². The van der Waals surface area contributed by atoms with Crippen molar-refractivity contribution < 1.29 is 14.3 Å². The lowest BCUT2D eigenvalue weighted by Gasteiger charge is -2.48. The Hall–Kier alpha value is -0.850. The van der Waals surface area contributed by atoms with Crippen molar-refractivity contribution in [3.05, 3.63) is 0 Å². The van der Waals surface area contributed by atoms with E-state index in [1.54, 1.807) is 7.11 Å². The molecule has 2 unspecified atom stereocenters. The molecule has 164 valence electrons. The van der Waals surface area contributed by atoms with E-state index in [2.05, 4.69) is 17.1 Å². The number of nitrogens with zero attached hydrogens (tertiary/aromatic N) is 2. The number of nitrogens with one attached hydrogen (secondary N) is 1. The molecule has 2 aliphatic rings. The van der Waals surface area contributed by atoms with Crippen LogP contribution in [0.2, 0.25) is 0 Å². The third kappa shape index (κ3) is 6.60. The molecule has 2 aliphatic heterocycles. The van der Waals surface area contributed by atoms with E-state index in [-0.39, 0.29) is 11.5 Å². The topological polar surface area (TPSA) is 54.0 Å². The number of ether oxygens (including phenoxy) is 2. The maximum atomic E-state index is 12.3. The molecule has 0 aromatic heterocycles. The molecule has 28 heavy (non-hydrogen) atoms. The van der Waals surface area contributed by atoms with Gasteiger partial charge in [-0.15, -0.1) is 0 Å². The fourth-order valence-corrected chi connectivity index (χ4v) is 4.79. The second kappa shape index (κ2) is 10.3. The average molecular weight is 398 g/mol. The van der Waals surface area contributed by atoms with E-state index in [9.17, 15) is 4.79 Å². The molecule has 2 saturated heterocycles. The Morgan fingerprint density at radius 1 is 1.18 bits per heavy atom. The Kier molecular flexibility index (Phi) is 8.59. The second-order valence-corrected chi connectivity index (χ2v) is 10.0. The predicted molar refractivity (Wildman–Crippen MR) is 114 cm³/mol. The molecule has 0 radical (unpaired) electrons. The van der Waals surface area contributed by atoms with Crippen LogP contribution in [0.5, 0.6) is 0 Å². The molecule has 0 saturated carbocycles. The lowest BCUT2D eigenvalue weighted by molar-refractivity contribution is -0.0326. The number of carbonyl (C=O) groups is 1. The van der Waals surface area contributed by atoms with Crippen molar-refractivity contribution in [3.63, 3.8) is 0 Å². The van der Waals surface area contributed by atoms with Gasteiger partial charge in [0.25, 0.3) is 0 Å². The highest BCUT2D eigenvalue weighted by Crippen LogP contribution is 2.42. The molecule has 1 spiro atoms. The summed E-state index contributed by atoms with van der Waals surface area (Å²) in [6.45, 7) is 14.0. The Morgan fingerprint density at radius 2 is 1.89 bits per heavy atom. The van der Waals surface area contributed by atoms with Crippen LogP contribution in [0.1, 0.15) is 59.8 Å². The minimum absolute atomic E-state index is 0.158. The van der Waals surface area contributed by atoms with Crippen LogP contribution in [0.25, 0.3) is 0 Å². The summed E-state index contributed by atoms with van der Waals surface area (Å²) in [7, 11) is 3.82. The van der Waals surface area contributed by atoms with Gasteiger partial charge in [-0.2, -0.15) is 0 Å². The number of hydrogen-bond acceptors (Lipinski definition) is 5. The zero-order chi connectivity index (χ0) is 20.8. The smallest absolute Gasteiger partial charge is 0.410 e. The van der Waals surface area contributed by atoms with Gasteiger partial charge in [0.05, 0.1) is 0 Å². The van der Waals surface area contributed by atoms with Gasteiger partial charge >= 0.3 is 6.09 Å². The largest absolute Gasteiger partial charge is 0.444 e. The fourth-order valence-electron chi connectivity index (χ4n) is 4.79. The third-order valence-corrected chi connectivity index (χ3v) is 6.17. The van der Waals surface area contributed by atoms with E-state index < -0.39 is 5.60 Å². The zero-order valence-electron chi connectivity index (χ0n) is 19.1. The maximum Gasteiger partial charge on any atom is 0.410 e. The summed E-state index contributed by atoms with van der Waals surface area (Å²) in [5.41, 5.74) is -0.136. The first kappa shape index (κ1) is 23.4. The van der Waals surface area contributed by atoms with Crippen LogP contribution in [-0.2, 0) is 9.47 Å². The van der Waals surface area contributed by atoms with Gasteiger partial charge in [-0.25, -0.2) is 4.79 Å². The summed E-state index contributed by atoms with van der Waals surface area (Å²) in [4.78, 5) is 16.9. The summed E-state index contributed by atoms with van der Waals surface area (Å²) in [5, 5.41) is 3.36. The molecule has 6 heteroatoms. The number of methoxy groups -OCH3 is 1. The van der Waals surface area contributed by atoms with Crippen LogP contribution in [0.3, 0.4) is 0 Å². The van der Waals surface area contributed by atoms with Crippen molar-refractivity contribution in [1.29, 1.82) is 0 Å². The summed E-state index contributed by atoms with van der Waals surface area (Å²) >= 11 is 0. The lowest BCUT2D eigenvalue weighted by Crippen LogP contribution is -2.60. The molecular formula is C22H43N3O3. The van der Waals surface area contributed by atoms with Gasteiger partial charge in [0.15, 0.2) is 0 Å². The standard InChI is InChI=1S/C22H43N3O3/c1-18(14-23-5)19(10-8-7-9-13-27-6)24-12-11-22(15-24)16-25(17-22)20(26)28-21(2,3)4/h18-19,23H,7-17H2,1-6H3. The molecule has 1 N–H and O–H groups in total. The first-order valence-corrected chi connectivity index (χ1v) is 11.1. The van der Waals surface area contributed by atoms with Crippen molar-refractivity contribution in [2.24, 2.45) is 11.3 Å². The lowest BCUT2D eigenvalue weighted by atomic mass is 9.79. The van der Waals surface area contributed by atoms with Gasteiger partial charge in [0.2, 0.25) is 0 Å². The van der Waals surface area contributed by atoms with Gasteiger partial charge in [0.1, 0.15) is 5.60 Å². The number of rotatable bonds is 10. The summed E-state index contributed by atoms with van der Waals surface area (Å²) in [5.74, 6) is 0.629. The van der Waals surface area contributed by atoms with Gasteiger partial charge in [-0.05, 0) is 66.1 Å². The van der Waals surface area contributed by atoms with Crippen molar-refractivity contribution in [2.75, 3.05) is 53.5 Å². The first-order valence-electron chi connectivity index (χ1n) is 11.1. The van der Waals surface area contributed by atoms with Crippen LogP contribution in [-0.4, -0.2) is 81.0 Å². The Morgan fingerprint density at radius 3 is 2.50 bits per heavy atom. The third-order valence-electron chi connectivity index (χ3n) is 6.17. The molecule has 2 rings (SSSR count). The predicted octanol–water partition coefficient (Wildman–Crippen LogP) is 3.36. The van der Waals surface area contributed by atoms with Gasteiger partial charge < -0.3 is 19.7 Å². The molecule has 2 atom stereocenters. The second-order valence-electron chi connectivity index (χ2n) is 10.0. The van der Waals surface area contributed by atoms with Gasteiger partial charge in [0, 0.05) is 44.8 Å². The van der Waals surface area contributed by atoms with E-state index in [1.807, 2.05) is 32.7 Å². The molecule has 0 aliphatic carbocycles. The van der Waals surface area contributed by atoms with Crippen LogP contribution in [0.15, 0.2) is 0 Å². The number of likely N-dealkylation sites (tertiary alicyclic amines) is 2. The highest BCUT2D eigenvalue weighted by molar-refractivity contribution is 5.69. The van der Waals surface area contributed by atoms with E-state index in [0.29, 0.717) is 12.0 Å². The Bertz CT molecular complexity index is 486. The fraction of sp³-hybridized carbons (Fsp3) is 0.955. The Balaban J connectivity index is 1.85. The summed E-state index contributed by atoms with van der Waals surface area (Å²) < 4.78 is 10.7.